The molecular formula is C15H22N4S. The molecule has 2 heterocycles. The standard InChI is InChI=1S/C15H22N4S/c1-11-6-7-12-13(17-11)19(14(16)18-12)10-15(20-2)8-4-3-5-9-15/h6-7H,3-5,8-10H2,1-2H3,(H2,16,18). The van der Waals surface area contributed by atoms with E-state index < -0.39 is 0 Å². The average molecular weight is 290 g/mol. The lowest BCUT2D eigenvalue weighted by Crippen LogP contribution is -2.33. The highest BCUT2D eigenvalue weighted by Gasteiger charge is 2.32. The third-order valence-corrected chi connectivity index (χ3v) is 5.81. The van der Waals surface area contributed by atoms with Crippen LogP contribution < -0.4 is 5.73 Å². The summed E-state index contributed by atoms with van der Waals surface area (Å²) < 4.78 is 2.41. The first kappa shape index (κ1) is 13.7. The number of anilines is 1. The molecule has 2 aromatic rings. The molecule has 1 fully saturated rings. The zero-order valence-electron chi connectivity index (χ0n) is 12.2. The van der Waals surface area contributed by atoms with Gasteiger partial charge in [0.2, 0.25) is 5.95 Å². The van der Waals surface area contributed by atoms with E-state index in [0.29, 0.717) is 10.7 Å². The van der Waals surface area contributed by atoms with Crippen molar-refractivity contribution in [2.24, 2.45) is 0 Å². The highest BCUT2D eigenvalue weighted by Crippen LogP contribution is 2.40. The van der Waals surface area contributed by atoms with Crippen LogP contribution in [0.25, 0.3) is 11.2 Å². The van der Waals surface area contributed by atoms with Crippen LogP contribution in [0.2, 0.25) is 0 Å². The maximum Gasteiger partial charge on any atom is 0.202 e. The number of nitrogen functional groups attached to an aromatic ring is 1. The van der Waals surface area contributed by atoms with Crippen LogP contribution in [0.5, 0.6) is 0 Å². The Kier molecular flexibility index (Phi) is 3.63. The zero-order valence-corrected chi connectivity index (χ0v) is 13.0. The second-order valence-electron chi connectivity index (χ2n) is 5.80. The van der Waals surface area contributed by atoms with Crippen LogP contribution in [0.4, 0.5) is 5.95 Å². The molecule has 0 spiro atoms. The quantitative estimate of drug-likeness (QED) is 0.941. The summed E-state index contributed by atoms with van der Waals surface area (Å²) in [5, 5.41) is 0. The fraction of sp³-hybridized carbons (Fsp3) is 0.600. The van der Waals surface area contributed by atoms with Gasteiger partial charge in [0.15, 0.2) is 5.65 Å². The van der Waals surface area contributed by atoms with Gasteiger partial charge in [0.1, 0.15) is 5.52 Å². The molecule has 0 radical (unpaired) electrons. The SMILES string of the molecule is CSC1(Cn2c(N)nc3ccc(C)nc32)CCCCC1. The first-order valence-electron chi connectivity index (χ1n) is 7.28. The smallest absolute Gasteiger partial charge is 0.202 e. The highest BCUT2D eigenvalue weighted by molar-refractivity contribution is 8.00. The maximum absolute atomic E-state index is 6.14. The number of nitrogens with zero attached hydrogens (tertiary/aromatic N) is 3. The Morgan fingerprint density at radius 3 is 2.70 bits per heavy atom. The van der Waals surface area contributed by atoms with Crippen molar-refractivity contribution < 1.29 is 0 Å². The molecule has 20 heavy (non-hydrogen) atoms. The molecule has 4 nitrogen and oxygen atoms in total. The molecule has 1 saturated carbocycles. The van der Waals surface area contributed by atoms with Crippen molar-refractivity contribution in [3.63, 3.8) is 0 Å². The maximum atomic E-state index is 6.14. The summed E-state index contributed by atoms with van der Waals surface area (Å²) in [6.45, 7) is 2.94. The Morgan fingerprint density at radius 2 is 2.00 bits per heavy atom. The largest absolute Gasteiger partial charge is 0.369 e. The Bertz CT molecular complexity index is 614. The predicted molar refractivity (Wildman–Crippen MR) is 86.0 cm³/mol. The minimum absolute atomic E-state index is 0.297. The Morgan fingerprint density at radius 1 is 1.25 bits per heavy atom. The van der Waals surface area contributed by atoms with Gasteiger partial charge < -0.3 is 5.73 Å². The second kappa shape index (κ2) is 5.28. The van der Waals surface area contributed by atoms with Gasteiger partial charge in [0.25, 0.3) is 0 Å². The molecule has 0 aliphatic heterocycles. The van der Waals surface area contributed by atoms with Crippen LogP contribution in [0, 0.1) is 6.92 Å². The number of pyridine rings is 1. The van der Waals surface area contributed by atoms with Crippen LogP contribution in [-0.2, 0) is 6.54 Å². The molecule has 0 unspecified atom stereocenters. The van der Waals surface area contributed by atoms with Gasteiger partial charge in [-0.2, -0.15) is 11.8 Å². The first-order chi connectivity index (χ1) is 9.63. The van der Waals surface area contributed by atoms with E-state index in [-0.39, 0.29) is 0 Å². The summed E-state index contributed by atoms with van der Waals surface area (Å²) in [4.78, 5) is 9.09. The minimum Gasteiger partial charge on any atom is -0.369 e. The molecule has 0 aromatic carbocycles. The van der Waals surface area contributed by atoms with Gasteiger partial charge in [-0.1, -0.05) is 19.3 Å². The van der Waals surface area contributed by atoms with Gasteiger partial charge in [-0.15, -0.1) is 0 Å². The molecule has 3 rings (SSSR count). The number of thioether (sulfide) groups is 1. The fourth-order valence-electron chi connectivity index (χ4n) is 3.18. The molecule has 2 N–H and O–H groups in total. The molecular weight excluding hydrogens is 268 g/mol. The van der Waals surface area contributed by atoms with Crippen LogP contribution in [0.15, 0.2) is 12.1 Å². The van der Waals surface area contributed by atoms with E-state index in [9.17, 15) is 0 Å². The molecule has 108 valence electrons. The summed E-state index contributed by atoms with van der Waals surface area (Å²) in [6, 6.07) is 4.00. The van der Waals surface area contributed by atoms with Crippen molar-refractivity contribution in [3.05, 3.63) is 17.8 Å². The summed E-state index contributed by atoms with van der Waals surface area (Å²) >= 11 is 1.98. The van der Waals surface area contributed by atoms with E-state index in [1.165, 1.54) is 32.1 Å². The van der Waals surface area contributed by atoms with Gasteiger partial charge in [-0.05, 0) is 38.2 Å². The van der Waals surface area contributed by atoms with E-state index in [4.69, 9.17) is 5.73 Å². The third kappa shape index (κ3) is 2.39. The predicted octanol–water partition coefficient (Wildman–Crippen LogP) is 3.39. The molecule has 0 amide bonds. The molecule has 2 aromatic heterocycles. The van der Waals surface area contributed by atoms with Crippen molar-refractivity contribution >= 4 is 28.9 Å². The van der Waals surface area contributed by atoms with Crippen molar-refractivity contribution in [2.45, 2.75) is 50.3 Å². The van der Waals surface area contributed by atoms with Crippen molar-refractivity contribution in [1.82, 2.24) is 14.5 Å². The van der Waals surface area contributed by atoms with Crippen LogP contribution >= 0.6 is 11.8 Å². The monoisotopic (exact) mass is 290 g/mol. The molecule has 0 bridgehead atoms. The lowest BCUT2D eigenvalue weighted by molar-refractivity contribution is 0.362. The van der Waals surface area contributed by atoms with Crippen molar-refractivity contribution in [3.8, 4) is 0 Å². The Balaban J connectivity index is 2.00. The van der Waals surface area contributed by atoms with Crippen molar-refractivity contribution in [1.29, 1.82) is 0 Å². The second-order valence-corrected chi connectivity index (χ2v) is 7.07. The summed E-state index contributed by atoms with van der Waals surface area (Å²) in [5.74, 6) is 0.595. The number of aryl methyl sites for hydroxylation is 1. The number of nitrogens with two attached hydrogens (primary N) is 1. The zero-order chi connectivity index (χ0) is 14.2. The number of aromatic nitrogens is 3. The molecule has 1 aliphatic carbocycles. The van der Waals surface area contributed by atoms with Gasteiger partial charge >= 0.3 is 0 Å². The van der Waals surface area contributed by atoms with Crippen LogP contribution in [0.1, 0.15) is 37.8 Å². The Labute approximate surface area is 124 Å². The molecule has 0 atom stereocenters. The number of hydrogen-bond donors (Lipinski definition) is 1. The van der Waals surface area contributed by atoms with E-state index in [0.717, 1.165) is 23.4 Å². The lowest BCUT2D eigenvalue weighted by Gasteiger charge is -2.36. The van der Waals surface area contributed by atoms with Gasteiger partial charge in [-0.3, -0.25) is 4.57 Å². The topological polar surface area (TPSA) is 56.7 Å². The first-order valence-corrected chi connectivity index (χ1v) is 8.51. The van der Waals surface area contributed by atoms with E-state index >= 15 is 0 Å². The fourth-order valence-corrected chi connectivity index (χ4v) is 4.14. The summed E-state index contributed by atoms with van der Waals surface area (Å²) in [7, 11) is 0. The molecule has 5 heteroatoms. The Hall–Kier alpha value is -1.23. The van der Waals surface area contributed by atoms with Gasteiger partial charge in [0, 0.05) is 17.0 Å². The number of fused-ring (bicyclic) bond motifs is 1. The average Bonchev–Trinajstić information content (AvgIpc) is 2.76. The minimum atomic E-state index is 0.297. The van der Waals surface area contributed by atoms with Crippen molar-refractivity contribution in [2.75, 3.05) is 12.0 Å². The van der Waals surface area contributed by atoms with Gasteiger partial charge in [0.05, 0.1) is 0 Å². The number of rotatable bonds is 3. The summed E-state index contributed by atoms with van der Waals surface area (Å²) in [5.41, 5.74) is 8.99. The van der Waals surface area contributed by atoms with E-state index in [1.807, 2.05) is 30.8 Å². The third-order valence-electron chi connectivity index (χ3n) is 4.41. The van der Waals surface area contributed by atoms with Crippen LogP contribution in [-0.4, -0.2) is 25.5 Å². The molecule has 0 saturated heterocycles. The van der Waals surface area contributed by atoms with Crippen LogP contribution in [0.3, 0.4) is 0 Å². The number of hydrogen-bond acceptors (Lipinski definition) is 4. The highest BCUT2D eigenvalue weighted by atomic mass is 32.2. The molecule has 1 aliphatic rings. The normalized spacial score (nSPS) is 18.5. The number of imidazole rings is 1. The van der Waals surface area contributed by atoms with E-state index in [2.05, 4.69) is 20.8 Å². The summed E-state index contributed by atoms with van der Waals surface area (Å²) in [6.07, 6.45) is 8.75. The lowest BCUT2D eigenvalue weighted by atomic mass is 9.88. The van der Waals surface area contributed by atoms with E-state index in [1.54, 1.807) is 0 Å². The van der Waals surface area contributed by atoms with Gasteiger partial charge in [-0.25, -0.2) is 9.97 Å².